The summed E-state index contributed by atoms with van der Waals surface area (Å²) in [5.41, 5.74) is 1.22. The van der Waals surface area contributed by atoms with Gasteiger partial charge in [-0.3, -0.25) is 5.01 Å². The van der Waals surface area contributed by atoms with E-state index >= 15 is 0 Å². The van der Waals surface area contributed by atoms with E-state index in [9.17, 15) is 9.65 Å². The van der Waals surface area contributed by atoms with Crippen molar-refractivity contribution in [2.45, 2.75) is 46.3 Å². The van der Waals surface area contributed by atoms with Crippen molar-refractivity contribution >= 4 is 5.82 Å². The monoisotopic (exact) mass is 328 g/mol. The van der Waals surface area contributed by atoms with Crippen molar-refractivity contribution in [1.29, 1.82) is 5.26 Å². The Morgan fingerprint density at radius 3 is 2.38 bits per heavy atom. The van der Waals surface area contributed by atoms with Crippen LogP contribution in [0.2, 0.25) is 0 Å². The number of halogens is 1. The maximum Gasteiger partial charge on any atom is 0.193 e. The molecule has 0 bridgehead atoms. The SMILES string of the molecule is CC(C)N(/N=N/c1c(C#N)cnn1Cc1ccc(F)cc1)C(C)C. The first-order valence-electron chi connectivity index (χ1n) is 7.82. The Labute approximate surface area is 141 Å². The van der Waals surface area contributed by atoms with Gasteiger partial charge in [0.2, 0.25) is 0 Å². The van der Waals surface area contributed by atoms with E-state index in [1.807, 2.05) is 32.7 Å². The van der Waals surface area contributed by atoms with E-state index in [0.29, 0.717) is 17.9 Å². The van der Waals surface area contributed by atoms with Gasteiger partial charge in [-0.05, 0) is 45.4 Å². The van der Waals surface area contributed by atoms with Crippen molar-refractivity contribution in [1.82, 2.24) is 14.8 Å². The molecule has 1 heterocycles. The molecule has 0 aliphatic heterocycles. The molecule has 0 fully saturated rings. The number of nitriles is 1. The quantitative estimate of drug-likeness (QED) is 0.593. The normalized spacial score (nSPS) is 11.4. The number of hydrogen-bond acceptors (Lipinski definition) is 4. The van der Waals surface area contributed by atoms with Gasteiger partial charge in [-0.2, -0.15) is 10.4 Å². The van der Waals surface area contributed by atoms with Crippen LogP contribution < -0.4 is 0 Å². The van der Waals surface area contributed by atoms with Gasteiger partial charge in [0.15, 0.2) is 5.82 Å². The third-order valence-electron chi connectivity index (χ3n) is 3.48. The summed E-state index contributed by atoms with van der Waals surface area (Å²) < 4.78 is 14.6. The van der Waals surface area contributed by atoms with E-state index in [0.717, 1.165) is 5.56 Å². The standard InChI is InChI=1S/C17H21FN6/c1-12(2)24(13(3)4)22-21-17-15(9-19)10-20-23(17)11-14-5-7-16(18)8-6-14/h5-8,10,12-13H,11H2,1-4H3/b22-21+. The van der Waals surface area contributed by atoms with Crippen LogP contribution in [0.3, 0.4) is 0 Å². The van der Waals surface area contributed by atoms with Gasteiger partial charge in [-0.25, -0.2) is 9.07 Å². The number of aromatic nitrogens is 2. The van der Waals surface area contributed by atoms with E-state index in [2.05, 4.69) is 21.5 Å². The molecule has 0 aliphatic rings. The minimum Gasteiger partial charge on any atom is -0.273 e. The Morgan fingerprint density at radius 1 is 1.21 bits per heavy atom. The number of hydrogen-bond donors (Lipinski definition) is 0. The molecule has 0 aliphatic carbocycles. The minimum atomic E-state index is -0.290. The van der Waals surface area contributed by atoms with Crippen LogP contribution in [0.15, 0.2) is 40.8 Å². The van der Waals surface area contributed by atoms with E-state index in [1.54, 1.807) is 16.8 Å². The van der Waals surface area contributed by atoms with Gasteiger partial charge >= 0.3 is 0 Å². The highest BCUT2D eigenvalue weighted by atomic mass is 19.1. The lowest BCUT2D eigenvalue weighted by atomic mass is 10.2. The van der Waals surface area contributed by atoms with E-state index < -0.39 is 0 Å². The summed E-state index contributed by atoms with van der Waals surface area (Å²) in [5, 5.41) is 23.8. The predicted octanol–water partition coefficient (Wildman–Crippen LogP) is 4.06. The third-order valence-corrected chi connectivity index (χ3v) is 3.48. The van der Waals surface area contributed by atoms with Crippen LogP contribution >= 0.6 is 0 Å². The summed E-state index contributed by atoms with van der Waals surface area (Å²) in [5.74, 6) is 0.106. The van der Waals surface area contributed by atoms with Gasteiger partial charge < -0.3 is 0 Å². The number of rotatable bonds is 6. The summed E-state index contributed by atoms with van der Waals surface area (Å²) in [6.07, 6.45) is 1.47. The molecule has 0 unspecified atom stereocenters. The second kappa shape index (κ2) is 7.68. The summed E-state index contributed by atoms with van der Waals surface area (Å²) in [7, 11) is 0. The Morgan fingerprint density at radius 2 is 1.83 bits per heavy atom. The predicted molar refractivity (Wildman–Crippen MR) is 89.1 cm³/mol. The van der Waals surface area contributed by atoms with Crippen molar-refractivity contribution in [2.24, 2.45) is 10.3 Å². The lowest BCUT2D eigenvalue weighted by Gasteiger charge is -2.25. The lowest BCUT2D eigenvalue weighted by molar-refractivity contribution is 0.169. The molecule has 2 aromatic rings. The summed E-state index contributed by atoms with van der Waals surface area (Å²) >= 11 is 0. The molecular weight excluding hydrogens is 307 g/mol. The molecular formula is C17H21FN6. The van der Waals surface area contributed by atoms with Crippen LogP contribution in [0.4, 0.5) is 10.2 Å². The minimum absolute atomic E-state index is 0.188. The highest BCUT2D eigenvalue weighted by Crippen LogP contribution is 2.21. The zero-order valence-electron chi connectivity index (χ0n) is 14.3. The smallest absolute Gasteiger partial charge is 0.193 e. The molecule has 0 saturated carbocycles. The molecule has 7 heteroatoms. The molecule has 24 heavy (non-hydrogen) atoms. The number of nitrogens with zero attached hydrogens (tertiary/aromatic N) is 6. The van der Waals surface area contributed by atoms with E-state index in [4.69, 9.17) is 0 Å². The van der Waals surface area contributed by atoms with Gasteiger partial charge in [-0.1, -0.05) is 17.4 Å². The molecule has 126 valence electrons. The Kier molecular flexibility index (Phi) is 5.64. The van der Waals surface area contributed by atoms with Gasteiger partial charge in [0.05, 0.1) is 12.7 Å². The summed E-state index contributed by atoms with van der Waals surface area (Å²) in [4.78, 5) is 0. The maximum atomic E-state index is 13.0. The molecule has 1 aromatic heterocycles. The van der Waals surface area contributed by atoms with Crippen molar-refractivity contribution in [3.05, 3.63) is 47.4 Å². The third kappa shape index (κ3) is 4.16. The van der Waals surface area contributed by atoms with Crippen LogP contribution in [0.25, 0.3) is 0 Å². The van der Waals surface area contributed by atoms with E-state index in [-0.39, 0.29) is 17.9 Å². The van der Waals surface area contributed by atoms with E-state index in [1.165, 1.54) is 18.3 Å². The number of benzene rings is 1. The molecule has 0 radical (unpaired) electrons. The first kappa shape index (κ1) is 17.6. The maximum absolute atomic E-state index is 13.0. The van der Waals surface area contributed by atoms with Gasteiger partial charge in [-0.15, -0.1) is 5.11 Å². The van der Waals surface area contributed by atoms with Crippen LogP contribution in [-0.2, 0) is 6.54 Å². The Balaban J connectivity index is 2.30. The molecule has 0 spiro atoms. The largest absolute Gasteiger partial charge is 0.273 e. The van der Waals surface area contributed by atoms with Crippen LogP contribution in [0, 0.1) is 17.1 Å². The first-order valence-corrected chi connectivity index (χ1v) is 7.82. The summed E-state index contributed by atoms with van der Waals surface area (Å²) in [6.45, 7) is 8.50. The van der Waals surface area contributed by atoms with Crippen molar-refractivity contribution in [3.63, 3.8) is 0 Å². The van der Waals surface area contributed by atoms with Crippen molar-refractivity contribution in [2.75, 3.05) is 0 Å². The zero-order chi connectivity index (χ0) is 17.7. The Bertz CT molecular complexity index is 731. The molecule has 1 aromatic carbocycles. The highest BCUT2D eigenvalue weighted by Gasteiger charge is 2.14. The fraction of sp³-hybridized carbons (Fsp3) is 0.412. The van der Waals surface area contributed by atoms with Crippen LogP contribution in [0.5, 0.6) is 0 Å². The highest BCUT2D eigenvalue weighted by molar-refractivity contribution is 5.46. The molecule has 6 nitrogen and oxygen atoms in total. The Hall–Kier alpha value is -2.75. The second-order valence-electron chi connectivity index (χ2n) is 6.03. The molecule has 2 rings (SSSR count). The zero-order valence-corrected chi connectivity index (χ0v) is 14.3. The van der Waals surface area contributed by atoms with Crippen molar-refractivity contribution < 1.29 is 4.39 Å². The van der Waals surface area contributed by atoms with Gasteiger partial charge in [0.25, 0.3) is 0 Å². The van der Waals surface area contributed by atoms with Crippen LogP contribution in [-0.4, -0.2) is 26.9 Å². The fourth-order valence-corrected chi connectivity index (χ4v) is 2.34. The second-order valence-corrected chi connectivity index (χ2v) is 6.03. The van der Waals surface area contributed by atoms with Crippen LogP contribution in [0.1, 0.15) is 38.8 Å². The average molecular weight is 328 g/mol. The lowest BCUT2D eigenvalue weighted by Crippen LogP contribution is -2.31. The topological polar surface area (TPSA) is 69.6 Å². The molecule has 0 N–H and O–H groups in total. The molecule has 0 amide bonds. The first-order chi connectivity index (χ1) is 11.4. The molecule has 0 saturated heterocycles. The average Bonchev–Trinajstić information content (AvgIpc) is 2.91. The van der Waals surface area contributed by atoms with Gasteiger partial charge in [0.1, 0.15) is 17.4 Å². The van der Waals surface area contributed by atoms with Crippen molar-refractivity contribution in [3.8, 4) is 6.07 Å². The summed E-state index contributed by atoms with van der Waals surface area (Å²) in [6, 6.07) is 8.60. The fourth-order valence-electron chi connectivity index (χ4n) is 2.34. The van der Waals surface area contributed by atoms with Gasteiger partial charge in [0, 0.05) is 12.1 Å². The molecule has 0 atom stereocenters.